The number of nitrogens with zero attached hydrogens (tertiary/aromatic N) is 5. The lowest BCUT2D eigenvalue weighted by atomic mass is 10.1. The van der Waals surface area contributed by atoms with Crippen molar-refractivity contribution in [3.63, 3.8) is 0 Å². The van der Waals surface area contributed by atoms with E-state index in [1.165, 1.54) is 32.1 Å². The van der Waals surface area contributed by atoms with Gasteiger partial charge in [-0.15, -0.1) is 16.2 Å². The van der Waals surface area contributed by atoms with Crippen LogP contribution in [-0.4, -0.2) is 137 Å². The van der Waals surface area contributed by atoms with Gasteiger partial charge in [-0.1, -0.05) is 43.0 Å². The first-order chi connectivity index (χ1) is 39.0. The molecule has 4 aromatic rings. The Morgan fingerprint density at radius 1 is 0.901 bits per heavy atom. The van der Waals surface area contributed by atoms with Crippen LogP contribution in [0.15, 0.2) is 119 Å². The van der Waals surface area contributed by atoms with Gasteiger partial charge in [-0.2, -0.15) is 0 Å². The van der Waals surface area contributed by atoms with Crippen LogP contribution in [-0.2, 0) is 68.9 Å². The molecule has 5 amide bonds. The number of nitrogens with one attached hydrogen (secondary N) is 1. The number of primary amides is 1. The first kappa shape index (κ1) is 59.4. The van der Waals surface area contributed by atoms with Crippen LogP contribution in [0.1, 0.15) is 66.2 Å². The van der Waals surface area contributed by atoms with E-state index in [-0.39, 0.29) is 85.8 Å². The smallest absolute Gasteiger partial charge is 0.261 e. The molecule has 21 heteroatoms. The molecule has 19 nitrogen and oxygen atoms in total. The number of carbonyl (C=O) groups is 5. The van der Waals surface area contributed by atoms with Gasteiger partial charge in [0.05, 0.1) is 81.1 Å². The third-order valence-electron chi connectivity index (χ3n) is 14.2. The summed E-state index contributed by atoms with van der Waals surface area (Å²) in [5.74, 6) is -0.978. The highest BCUT2D eigenvalue weighted by Gasteiger charge is 2.42. The maximum absolute atomic E-state index is 14.9. The molecule has 1 fully saturated rings. The van der Waals surface area contributed by atoms with Crippen LogP contribution in [0, 0.1) is 0 Å². The Balaban J connectivity index is 1.10. The fourth-order valence-electron chi connectivity index (χ4n) is 10.1. The number of ether oxygens (including phenoxy) is 7. The number of carbonyl (C=O) groups excluding carboxylic acids is 5. The van der Waals surface area contributed by atoms with Crippen LogP contribution < -0.4 is 35.4 Å². The molecule has 81 heavy (non-hydrogen) atoms. The number of methoxy groups -OCH3 is 3. The van der Waals surface area contributed by atoms with Crippen molar-refractivity contribution in [3.8, 4) is 11.5 Å². The highest BCUT2D eigenvalue weighted by Crippen LogP contribution is 2.42. The van der Waals surface area contributed by atoms with Gasteiger partial charge in [0.1, 0.15) is 19.0 Å². The fraction of sp³-hybridized carbons (Fsp3) is 0.400. The second-order valence-corrected chi connectivity index (χ2v) is 22.3. The predicted molar refractivity (Wildman–Crippen MR) is 307 cm³/mol. The average molecular weight is 1130 g/mol. The van der Waals surface area contributed by atoms with Crippen LogP contribution in [0.3, 0.4) is 0 Å². The van der Waals surface area contributed by atoms with Crippen molar-refractivity contribution in [2.45, 2.75) is 75.7 Å². The van der Waals surface area contributed by atoms with Crippen molar-refractivity contribution in [2.75, 3.05) is 95.2 Å². The number of hydrogen-bond acceptors (Lipinski definition) is 16. The van der Waals surface area contributed by atoms with Crippen molar-refractivity contribution in [1.29, 1.82) is 0 Å². The minimum absolute atomic E-state index is 0.00588. The Bertz CT molecular complexity index is 3110. The lowest BCUT2D eigenvalue weighted by Crippen LogP contribution is -2.41. The summed E-state index contributed by atoms with van der Waals surface area (Å²) in [5, 5.41) is -0.696. The number of allylic oxidation sites excluding steroid dienone is 2. The minimum atomic E-state index is -0.696. The van der Waals surface area contributed by atoms with Gasteiger partial charge in [-0.25, -0.2) is 5.54 Å². The first-order valence-corrected chi connectivity index (χ1v) is 27.6. The Morgan fingerprint density at radius 2 is 1.60 bits per heavy atom. The second kappa shape index (κ2) is 27.2. The van der Waals surface area contributed by atoms with E-state index in [4.69, 9.17) is 43.9 Å². The van der Waals surface area contributed by atoms with E-state index in [1.54, 1.807) is 47.7 Å². The Morgan fingerprint density at radius 3 is 2.32 bits per heavy atom. The molecule has 0 saturated carbocycles. The second-order valence-electron chi connectivity index (χ2n) is 20.4. The Kier molecular flexibility index (Phi) is 19.9. The number of halogens is 1. The van der Waals surface area contributed by atoms with Crippen LogP contribution in [0.5, 0.6) is 11.5 Å². The number of rotatable bonds is 29. The molecule has 2 atom stereocenters. The average Bonchev–Trinajstić information content (AvgIpc) is 4.35. The lowest BCUT2D eigenvalue weighted by Gasteiger charge is -2.35. The van der Waals surface area contributed by atoms with E-state index < -0.39 is 21.8 Å². The van der Waals surface area contributed by atoms with Crippen LogP contribution >= 0.6 is 11.8 Å². The van der Waals surface area contributed by atoms with Gasteiger partial charge in [0.2, 0.25) is 17.7 Å². The summed E-state index contributed by atoms with van der Waals surface area (Å²) in [4.78, 5) is 77.8. The van der Waals surface area contributed by atoms with E-state index in [2.05, 4.69) is 11.5 Å². The molecule has 4 aromatic carbocycles. The number of imide groups is 1. The molecule has 0 bridgehead atoms. The molecule has 4 aliphatic rings. The predicted octanol–water partition coefficient (Wildman–Crippen LogP) is 7.46. The zero-order valence-electron chi connectivity index (χ0n) is 46.6. The molecule has 1 saturated heterocycles. The highest BCUT2D eigenvalue weighted by molar-refractivity contribution is 8.02. The summed E-state index contributed by atoms with van der Waals surface area (Å²) in [6, 6.07) is 24.2. The largest absolute Gasteiger partial charge is 0.498 e. The summed E-state index contributed by atoms with van der Waals surface area (Å²) in [7, 11) is 4.56. The van der Waals surface area contributed by atoms with Crippen LogP contribution in [0.25, 0.3) is 0 Å². The number of thioether (sulfide) groups is 1. The van der Waals surface area contributed by atoms with E-state index in [0.717, 1.165) is 27.4 Å². The van der Waals surface area contributed by atoms with Crippen molar-refractivity contribution in [1.82, 2.24) is 10.4 Å². The first-order valence-electron chi connectivity index (χ1n) is 26.7. The van der Waals surface area contributed by atoms with E-state index >= 15 is 0 Å². The maximum Gasteiger partial charge on any atom is 0.261 e. The quantitative estimate of drug-likeness (QED) is 0.0135. The topological polar surface area (TPSA) is 213 Å². The minimum Gasteiger partial charge on any atom is -0.498 e. The number of fused-ring (bicyclic) bond motifs is 5. The molecule has 4 heterocycles. The van der Waals surface area contributed by atoms with Crippen molar-refractivity contribution < 1.29 is 61.6 Å². The van der Waals surface area contributed by atoms with Crippen molar-refractivity contribution in [3.05, 3.63) is 142 Å². The molecule has 3 N–H and O–H groups in total. The van der Waals surface area contributed by atoms with Gasteiger partial charge in [0.15, 0.2) is 17.3 Å². The van der Waals surface area contributed by atoms with Crippen molar-refractivity contribution in [2.24, 2.45) is 10.7 Å². The summed E-state index contributed by atoms with van der Waals surface area (Å²) in [6.45, 7) is 12.4. The Hall–Kier alpha value is -7.72. The van der Waals surface area contributed by atoms with E-state index in [1.807, 2.05) is 80.6 Å². The molecular weight excluding hydrogens is 1060 g/mol. The number of para-hydroxylation sites is 2. The van der Waals surface area contributed by atoms with Gasteiger partial charge in [-0.05, 0) is 85.8 Å². The molecule has 0 spiro atoms. The number of likely N-dealkylation sites (tertiary alicyclic amines) is 1. The van der Waals surface area contributed by atoms with E-state index in [0.29, 0.717) is 98.5 Å². The molecule has 8 rings (SSSR count). The number of hydrogen-bond donors (Lipinski definition) is 2. The third-order valence-corrected chi connectivity index (χ3v) is 15.6. The van der Waals surface area contributed by atoms with Gasteiger partial charge in [-0.3, -0.25) is 38.8 Å². The van der Waals surface area contributed by atoms with Crippen molar-refractivity contribution >= 4 is 70.3 Å². The monoisotopic (exact) mass is 1130 g/mol. The molecule has 0 aromatic heterocycles. The SMILES string of the molecule is C=C(C(=O)N1CCc2ccccc21)/C(=C\C(OCc1cc(COc2cc3c(cc2OC)C(=O)N2c4ccccc4C[C@H]2C=N3)cc(N(CCOCCOCCOC)CC(C)(C)SC2CC(=O)N(CCC(N)=O)C2=O)c1)=C(/C)OC)NF. The summed E-state index contributed by atoms with van der Waals surface area (Å²) < 4.78 is 55.6. The summed E-state index contributed by atoms with van der Waals surface area (Å²) in [6.07, 6.45) is 4.25. The molecule has 1 unspecified atom stereocenters. The number of aliphatic imine (C=N–C) groups is 1. The fourth-order valence-corrected chi connectivity index (χ4v) is 11.6. The number of anilines is 3. The van der Waals surface area contributed by atoms with Crippen LogP contribution in [0.2, 0.25) is 0 Å². The van der Waals surface area contributed by atoms with Gasteiger partial charge in [0.25, 0.3) is 11.8 Å². The molecular formula is C60H70FN7O12S. The number of amides is 5. The standard InChI is InChI=1S/C60H70FN7O12S/c1-38(57(71)66-18-16-42-12-8-10-14-49(42)66)47(64-61)31-51(39(2)75-6)79-35-40-26-41(36-80-53-32-48-46(30-52(53)76-7)58(72)68-45(34-63-48)29-43-13-9-11-15-50(43)68)28-44(27-40)65(20-21-77-24-25-78-23-22-74-5)37-60(3,4)81-54-33-56(70)67(59(54)73)19-17-55(62)69/h8-15,26-28,30-32,34,45,54,64H,1,16-25,29,33,35-37H2,2-7H3,(H2,62,69)/b47-31+,51-39-/t45-,54?/m0/s1. The number of nitrogens with two attached hydrogens (primary N) is 1. The molecule has 0 radical (unpaired) electrons. The zero-order chi connectivity index (χ0) is 57.8. The third kappa shape index (κ3) is 14.4. The van der Waals surface area contributed by atoms with Gasteiger partial charge >= 0.3 is 0 Å². The van der Waals surface area contributed by atoms with Crippen LogP contribution in [0.4, 0.5) is 27.2 Å². The lowest BCUT2D eigenvalue weighted by molar-refractivity contribution is -0.138. The normalized spacial score (nSPS) is 16.8. The number of benzene rings is 4. The zero-order valence-corrected chi connectivity index (χ0v) is 47.4. The highest BCUT2D eigenvalue weighted by atomic mass is 32.2. The molecule has 0 aliphatic carbocycles. The summed E-state index contributed by atoms with van der Waals surface area (Å²) in [5.41, 5.74) is 13.1. The van der Waals surface area contributed by atoms with Gasteiger partial charge < -0.3 is 48.7 Å². The van der Waals surface area contributed by atoms with E-state index in [9.17, 15) is 28.5 Å². The molecule has 430 valence electrons. The summed E-state index contributed by atoms with van der Waals surface area (Å²) >= 11 is 1.37. The Labute approximate surface area is 475 Å². The maximum atomic E-state index is 14.9. The van der Waals surface area contributed by atoms with Gasteiger partial charge in [0, 0.05) is 92.7 Å². The molecule has 4 aliphatic heterocycles.